The van der Waals surface area contributed by atoms with Crippen LogP contribution in [0, 0.1) is 18.8 Å². The van der Waals surface area contributed by atoms with E-state index in [1.165, 1.54) is 17.0 Å². The maximum atomic E-state index is 13.1. The molecular weight excluding hydrogens is 464 g/mol. The number of nitrogens with one attached hydrogen (secondary N) is 2. The number of carbonyl (C=O) groups is 4. The van der Waals surface area contributed by atoms with Crippen molar-refractivity contribution < 1.29 is 32.7 Å². The number of primary amides is 1. The highest BCUT2D eigenvalue weighted by Gasteiger charge is 2.35. The Hall–Kier alpha value is -2.99. The second-order valence-electron chi connectivity index (χ2n) is 8.83. The van der Waals surface area contributed by atoms with Gasteiger partial charge in [0.05, 0.1) is 11.3 Å². The van der Waals surface area contributed by atoms with Gasteiger partial charge in [0.15, 0.2) is 0 Å². The average Bonchev–Trinajstić information content (AvgIpc) is 2.76. The van der Waals surface area contributed by atoms with Gasteiger partial charge in [0.1, 0.15) is 12.1 Å². The first-order chi connectivity index (χ1) is 15.8. The summed E-state index contributed by atoms with van der Waals surface area (Å²) in [7, 11) is -3.92. The number of sulfonamides is 1. The zero-order valence-corrected chi connectivity index (χ0v) is 20.3. The number of likely N-dealkylation sites (tertiary alicyclic amines) is 1. The molecule has 1 aromatic carbocycles. The van der Waals surface area contributed by atoms with E-state index in [1.807, 2.05) is 6.92 Å². The SMILES string of the molecule is Cc1ccc(S(=O)(=O)N[C@H](C(=O)N2CCC(C(=O)N[C@@H](CC(N)=O)C(=O)O)CC2)C(C)C)cc1. The summed E-state index contributed by atoms with van der Waals surface area (Å²) < 4.78 is 28.1. The number of nitrogens with two attached hydrogens (primary N) is 1. The Kier molecular flexibility index (Phi) is 9.16. The van der Waals surface area contributed by atoms with Crippen molar-refractivity contribution in [2.24, 2.45) is 17.6 Å². The van der Waals surface area contributed by atoms with Gasteiger partial charge in [0, 0.05) is 19.0 Å². The second kappa shape index (κ2) is 11.4. The summed E-state index contributed by atoms with van der Waals surface area (Å²) in [6, 6.07) is 3.91. The summed E-state index contributed by atoms with van der Waals surface area (Å²) in [5.41, 5.74) is 5.94. The highest BCUT2D eigenvalue weighted by Crippen LogP contribution is 2.21. The number of carboxylic acid groups (broad SMARTS) is 1. The largest absolute Gasteiger partial charge is 0.480 e. The van der Waals surface area contributed by atoms with Crippen LogP contribution in [0.3, 0.4) is 0 Å². The number of carboxylic acids is 1. The van der Waals surface area contributed by atoms with Crippen molar-refractivity contribution >= 4 is 33.7 Å². The van der Waals surface area contributed by atoms with Gasteiger partial charge in [-0.15, -0.1) is 0 Å². The van der Waals surface area contributed by atoms with E-state index in [2.05, 4.69) is 10.0 Å². The van der Waals surface area contributed by atoms with Gasteiger partial charge in [-0.25, -0.2) is 13.2 Å². The Balaban J connectivity index is 2.01. The Morgan fingerprint density at radius 2 is 1.68 bits per heavy atom. The van der Waals surface area contributed by atoms with E-state index in [0.29, 0.717) is 0 Å². The Bertz CT molecular complexity index is 1020. The molecule has 188 valence electrons. The molecule has 2 rings (SSSR count). The molecule has 0 aromatic heterocycles. The molecule has 1 fully saturated rings. The molecule has 0 bridgehead atoms. The van der Waals surface area contributed by atoms with Crippen LogP contribution in [0.1, 0.15) is 38.7 Å². The molecule has 1 saturated heterocycles. The zero-order valence-electron chi connectivity index (χ0n) is 19.5. The fourth-order valence-electron chi connectivity index (χ4n) is 3.67. The third-order valence-corrected chi connectivity index (χ3v) is 7.20. The van der Waals surface area contributed by atoms with E-state index in [1.54, 1.807) is 26.0 Å². The van der Waals surface area contributed by atoms with Crippen molar-refractivity contribution in [3.63, 3.8) is 0 Å². The number of carbonyl (C=O) groups excluding carboxylic acids is 3. The number of hydrogen-bond acceptors (Lipinski definition) is 6. The van der Waals surface area contributed by atoms with Gasteiger partial charge in [-0.3, -0.25) is 14.4 Å². The molecule has 34 heavy (non-hydrogen) atoms. The van der Waals surface area contributed by atoms with Crippen LogP contribution in [0.4, 0.5) is 0 Å². The normalized spacial score (nSPS) is 16.6. The smallest absolute Gasteiger partial charge is 0.326 e. The number of benzene rings is 1. The number of hydrogen-bond donors (Lipinski definition) is 4. The fourth-order valence-corrected chi connectivity index (χ4v) is 5.01. The van der Waals surface area contributed by atoms with Crippen LogP contribution in [0.5, 0.6) is 0 Å². The van der Waals surface area contributed by atoms with E-state index < -0.39 is 52.2 Å². The third-order valence-electron chi connectivity index (χ3n) is 5.74. The highest BCUT2D eigenvalue weighted by atomic mass is 32.2. The lowest BCUT2D eigenvalue weighted by molar-refractivity contribution is -0.144. The van der Waals surface area contributed by atoms with E-state index in [0.717, 1.165) is 5.56 Å². The Morgan fingerprint density at radius 1 is 1.12 bits per heavy atom. The van der Waals surface area contributed by atoms with Crippen molar-refractivity contribution in [1.29, 1.82) is 0 Å². The number of nitrogens with zero attached hydrogens (tertiary/aromatic N) is 1. The van der Waals surface area contributed by atoms with Crippen LogP contribution in [0.2, 0.25) is 0 Å². The molecule has 1 heterocycles. The van der Waals surface area contributed by atoms with Gasteiger partial charge in [0.2, 0.25) is 27.7 Å². The number of piperidine rings is 1. The number of aryl methyl sites for hydroxylation is 1. The van der Waals surface area contributed by atoms with E-state index in [9.17, 15) is 27.6 Å². The van der Waals surface area contributed by atoms with Crippen molar-refractivity contribution in [3.8, 4) is 0 Å². The maximum Gasteiger partial charge on any atom is 0.326 e. The predicted octanol–water partition coefficient (Wildman–Crippen LogP) is -0.0187. The Labute approximate surface area is 199 Å². The zero-order chi connectivity index (χ0) is 25.6. The maximum absolute atomic E-state index is 13.1. The van der Waals surface area contributed by atoms with Crippen molar-refractivity contribution in [2.45, 2.75) is 57.0 Å². The number of aliphatic carboxylic acids is 1. The first-order valence-electron chi connectivity index (χ1n) is 11.0. The van der Waals surface area contributed by atoms with Crippen molar-refractivity contribution in [3.05, 3.63) is 29.8 Å². The molecule has 0 aliphatic carbocycles. The summed E-state index contributed by atoms with van der Waals surface area (Å²) >= 11 is 0. The fraction of sp³-hybridized carbons (Fsp3) is 0.545. The lowest BCUT2D eigenvalue weighted by Gasteiger charge is -2.35. The van der Waals surface area contributed by atoms with Crippen LogP contribution in [-0.4, -0.2) is 67.3 Å². The lowest BCUT2D eigenvalue weighted by atomic mass is 9.94. The number of rotatable bonds is 10. The minimum atomic E-state index is -3.92. The molecular formula is C22H32N4O7S. The van der Waals surface area contributed by atoms with Gasteiger partial charge in [-0.2, -0.15) is 4.72 Å². The van der Waals surface area contributed by atoms with Gasteiger partial charge >= 0.3 is 5.97 Å². The van der Waals surface area contributed by atoms with Gasteiger partial charge in [-0.1, -0.05) is 31.5 Å². The molecule has 0 spiro atoms. The van der Waals surface area contributed by atoms with Gasteiger partial charge in [0.25, 0.3) is 0 Å². The summed E-state index contributed by atoms with van der Waals surface area (Å²) in [4.78, 5) is 49.4. The topological polar surface area (TPSA) is 176 Å². The van der Waals surface area contributed by atoms with Gasteiger partial charge < -0.3 is 21.1 Å². The summed E-state index contributed by atoms with van der Waals surface area (Å²) in [6.07, 6.45) is 0.0294. The molecule has 12 heteroatoms. The highest BCUT2D eigenvalue weighted by molar-refractivity contribution is 7.89. The lowest BCUT2D eigenvalue weighted by Crippen LogP contribution is -2.54. The average molecular weight is 497 g/mol. The van der Waals surface area contributed by atoms with Crippen LogP contribution in [-0.2, 0) is 29.2 Å². The van der Waals surface area contributed by atoms with Gasteiger partial charge in [-0.05, 0) is 37.8 Å². The standard InChI is InChI=1S/C22H32N4O7S/c1-13(2)19(25-34(32,33)16-6-4-14(3)5-7-16)21(29)26-10-8-15(9-11-26)20(28)24-17(22(30)31)12-18(23)27/h4-7,13,15,17,19,25H,8-12H2,1-3H3,(H2,23,27)(H,24,28)(H,30,31)/t17-,19-/m0/s1. The van der Waals surface area contributed by atoms with Crippen LogP contribution >= 0.6 is 0 Å². The summed E-state index contributed by atoms with van der Waals surface area (Å²) in [5, 5.41) is 11.5. The van der Waals surface area contributed by atoms with E-state index in [-0.39, 0.29) is 42.7 Å². The van der Waals surface area contributed by atoms with Crippen LogP contribution < -0.4 is 15.8 Å². The minimum Gasteiger partial charge on any atom is -0.480 e. The van der Waals surface area contributed by atoms with E-state index in [4.69, 9.17) is 10.8 Å². The molecule has 0 unspecified atom stereocenters. The summed E-state index contributed by atoms with van der Waals surface area (Å²) in [5.74, 6) is -3.98. The molecule has 0 radical (unpaired) electrons. The molecule has 5 N–H and O–H groups in total. The van der Waals surface area contributed by atoms with Crippen LogP contribution in [0.25, 0.3) is 0 Å². The van der Waals surface area contributed by atoms with Crippen molar-refractivity contribution in [1.82, 2.24) is 14.9 Å². The molecule has 2 atom stereocenters. The summed E-state index contributed by atoms with van der Waals surface area (Å²) in [6.45, 7) is 5.74. The van der Waals surface area contributed by atoms with Crippen LogP contribution in [0.15, 0.2) is 29.2 Å². The number of amides is 3. The van der Waals surface area contributed by atoms with Crippen molar-refractivity contribution in [2.75, 3.05) is 13.1 Å². The van der Waals surface area contributed by atoms with E-state index >= 15 is 0 Å². The Morgan fingerprint density at radius 3 is 2.15 bits per heavy atom. The molecule has 1 aromatic rings. The predicted molar refractivity (Wildman–Crippen MR) is 123 cm³/mol. The second-order valence-corrected chi connectivity index (χ2v) is 10.5. The minimum absolute atomic E-state index is 0.0656. The molecule has 3 amide bonds. The monoisotopic (exact) mass is 496 g/mol. The molecule has 11 nitrogen and oxygen atoms in total. The quantitative estimate of drug-likeness (QED) is 0.352. The molecule has 0 saturated carbocycles. The third kappa shape index (κ3) is 7.26. The molecule has 1 aliphatic heterocycles. The molecule has 1 aliphatic rings. The first-order valence-corrected chi connectivity index (χ1v) is 12.5. The first kappa shape index (κ1) is 27.3.